The summed E-state index contributed by atoms with van der Waals surface area (Å²) in [6.45, 7) is 3.65. The van der Waals surface area contributed by atoms with Crippen LogP contribution in [-0.2, 0) is 9.47 Å². The Bertz CT molecular complexity index is 1260. The lowest BCUT2D eigenvalue weighted by atomic mass is 10.1. The molecule has 0 fully saturated rings. The average Bonchev–Trinajstić information content (AvgIpc) is 3.21. The van der Waals surface area contributed by atoms with Gasteiger partial charge in [-0.15, -0.1) is 0 Å². The second-order valence-electron chi connectivity index (χ2n) is 7.33. The van der Waals surface area contributed by atoms with E-state index in [1.54, 1.807) is 12.1 Å². The van der Waals surface area contributed by atoms with Gasteiger partial charge >= 0.3 is 23.9 Å². The van der Waals surface area contributed by atoms with Crippen molar-refractivity contribution in [2.45, 2.75) is 13.8 Å². The quantitative estimate of drug-likeness (QED) is 0.440. The van der Waals surface area contributed by atoms with Gasteiger partial charge in [0.05, 0.1) is 22.3 Å². The summed E-state index contributed by atoms with van der Waals surface area (Å²) in [5, 5.41) is 0. The van der Waals surface area contributed by atoms with E-state index in [0.717, 1.165) is 11.1 Å². The summed E-state index contributed by atoms with van der Waals surface area (Å²) in [6.07, 6.45) is 0. The van der Waals surface area contributed by atoms with Crippen molar-refractivity contribution in [1.29, 1.82) is 0 Å². The third-order valence-corrected chi connectivity index (χ3v) is 5.18. The lowest BCUT2D eigenvalue weighted by Crippen LogP contribution is -1.98. The first kappa shape index (κ1) is 19.5. The first-order valence-corrected chi connectivity index (χ1v) is 9.59. The Labute approximate surface area is 181 Å². The zero-order chi connectivity index (χ0) is 22.6. The zero-order valence-corrected chi connectivity index (χ0v) is 16.9. The van der Waals surface area contributed by atoms with Crippen LogP contribution >= 0.6 is 0 Å². The Kier molecular flexibility index (Phi) is 4.30. The molecule has 5 rings (SSSR count). The molecule has 0 N–H and O–H groups in total. The average molecular weight is 430 g/mol. The summed E-state index contributed by atoms with van der Waals surface area (Å²) >= 11 is 0. The van der Waals surface area contributed by atoms with Crippen molar-refractivity contribution in [1.82, 2.24) is 0 Å². The minimum atomic E-state index is -0.729. The van der Waals surface area contributed by atoms with Crippen molar-refractivity contribution < 1.29 is 38.1 Å². The molecule has 8 heteroatoms. The molecule has 8 nitrogen and oxygen atoms in total. The SMILES string of the molecule is Cc1ccc(C)c(Oc2ccc3c(c2)C(=O)OC3=O)c1Oc1ccc2c(c1)C(=O)OC2=O. The second kappa shape index (κ2) is 7.05. The lowest BCUT2D eigenvalue weighted by Gasteiger charge is -2.17. The van der Waals surface area contributed by atoms with E-state index in [1.165, 1.54) is 24.3 Å². The summed E-state index contributed by atoms with van der Waals surface area (Å²) < 4.78 is 21.3. The van der Waals surface area contributed by atoms with Gasteiger partial charge in [-0.05, 0) is 61.4 Å². The molecule has 32 heavy (non-hydrogen) atoms. The molecule has 0 saturated carbocycles. The molecule has 2 heterocycles. The number of esters is 4. The van der Waals surface area contributed by atoms with Crippen LogP contribution in [0, 0.1) is 13.8 Å². The van der Waals surface area contributed by atoms with E-state index in [0.29, 0.717) is 23.0 Å². The molecule has 2 aliphatic heterocycles. The van der Waals surface area contributed by atoms with Crippen LogP contribution in [0.25, 0.3) is 0 Å². The van der Waals surface area contributed by atoms with Crippen LogP contribution in [0.1, 0.15) is 52.6 Å². The third kappa shape index (κ3) is 3.09. The maximum Gasteiger partial charge on any atom is 0.347 e. The van der Waals surface area contributed by atoms with Crippen molar-refractivity contribution >= 4 is 23.9 Å². The number of rotatable bonds is 4. The van der Waals surface area contributed by atoms with Gasteiger partial charge in [-0.25, -0.2) is 19.2 Å². The lowest BCUT2D eigenvalue weighted by molar-refractivity contribution is 0.0425. The highest BCUT2D eigenvalue weighted by atomic mass is 16.6. The van der Waals surface area contributed by atoms with Crippen LogP contribution in [0.4, 0.5) is 0 Å². The molecule has 0 spiro atoms. The van der Waals surface area contributed by atoms with Gasteiger partial charge in [-0.1, -0.05) is 12.1 Å². The Balaban J connectivity index is 1.51. The minimum Gasteiger partial charge on any atom is -0.453 e. The maximum atomic E-state index is 11.9. The van der Waals surface area contributed by atoms with Crippen LogP contribution in [0.3, 0.4) is 0 Å². The van der Waals surface area contributed by atoms with Gasteiger partial charge in [0, 0.05) is 0 Å². The van der Waals surface area contributed by atoms with Gasteiger partial charge in [0.25, 0.3) is 0 Å². The summed E-state index contributed by atoms with van der Waals surface area (Å²) in [7, 11) is 0. The smallest absolute Gasteiger partial charge is 0.347 e. The van der Waals surface area contributed by atoms with Crippen LogP contribution in [-0.4, -0.2) is 23.9 Å². The number of hydrogen-bond donors (Lipinski definition) is 0. The number of carbonyl (C=O) groups is 4. The predicted molar refractivity (Wildman–Crippen MR) is 108 cm³/mol. The zero-order valence-electron chi connectivity index (χ0n) is 16.9. The summed E-state index contributed by atoms with van der Waals surface area (Å²) in [4.78, 5) is 47.1. The topological polar surface area (TPSA) is 105 Å². The summed E-state index contributed by atoms with van der Waals surface area (Å²) in [6, 6.07) is 12.6. The van der Waals surface area contributed by atoms with E-state index in [4.69, 9.17) is 9.47 Å². The number of fused-ring (bicyclic) bond motifs is 2. The third-order valence-electron chi connectivity index (χ3n) is 5.18. The van der Waals surface area contributed by atoms with Gasteiger partial charge < -0.3 is 18.9 Å². The minimum absolute atomic E-state index is 0.127. The van der Waals surface area contributed by atoms with E-state index in [2.05, 4.69) is 9.47 Å². The molecule has 0 bridgehead atoms. The summed E-state index contributed by atoms with van der Waals surface area (Å²) in [5.41, 5.74) is 2.11. The van der Waals surface area contributed by atoms with Gasteiger partial charge in [0.2, 0.25) is 0 Å². The first-order valence-electron chi connectivity index (χ1n) is 9.59. The Morgan fingerprint density at radius 3 is 1.31 bits per heavy atom. The summed E-state index contributed by atoms with van der Waals surface area (Å²) in [5.74, 6) is -1.43. The number of benzene rings is 3. The molecule has 0 atom stereocenters. The van der Waals surface area contributed by atoms with Crippen molar-refractivity contribution in [2.75, 3.05) is 0 Å². The largest absolute Gasteiger partial charge is 0.453 e. The monoisotopic (exact) mass is 430 g/mol. The van der Waals surface area contributed by atoms with Gasteiger partial charge in [-0.2, -0.15) is 0 Å². The van der Waals surface area contributed by atoms with Crippen LogP contribution < -0.4 is 9.47 Å². The molecule has 0 aromatic heterocycles. The van der Waals surface area contributed by atoms with E-state index >= 15 is 0 Å². The van der Waals surface area contributed by atoms with Crippen molar-refractivity contribution in [3.8, 4) is 23.0 Å². The van der Waals surface area contributed by atoms with Crippen LogP contribution in [0.5, 0.6) is 23.0 Å². The van der Waals surface area contributed by atoms with Gasteiger partial charge in [-0.3, -0.25) is 0 Å². The fourth-order valence-corrected chi connectivity index (χ4v) is 3.50. The fourth-order valence-electron chi connectivity index (χ4n) is 3.50. The normalized spacial score (nSPS) is 14.1. The molecule has 3 aromatic carbocycles. The Hall–Kier alpha value is -4.46. The standard InChI is InChI=1S/C24H14O8/c1-11-3-4-12(2)20(30-14-6-8-16-18(10-14)24(28)32-22(16)26)19(11)29-13-5-7-15-17(9-13)23(27)31-21(15)25/h3-10H,1-2H3. The fraction of sp³-hybridized carbons (Fsp3) is 0.0833. The molecule has 2 aliphatic rings. The number of carbonyl (C=O) groups excluding carboxylic acids is 4. The van der Waals surface area contributed by atoms with E-state index in [9.17, 15) is 19.2 Å². The number of cyclic esters (lactones) is 4. The highest BCUT2D eigenvalue weighted by Gasteiger charge is 2.31. The molecule has 0 amide bonds. The van der Waals surface area contributed by atoms with Crippen molar-refractivity contribution in [3.63, 3.8) is 0 Å². The molecule has 0 saturated heterocycles. The number of ether oxygens (including phenoxy) is 4. The molecule has 0 aliphatic carbocycles. The van der Waals surface area contributed by atoms with Crippen LogP contribution in [0.2, 0.25) is 0 Å². The van der Waals surface area contributed by atoms with E-state index in [-0.39, 0.29) is 22.3 Å². The van der Waals surface area contributed by atoms with Gasteiger partial charge in [0.15, 0.2) is 11.5 Å². The van der Waals surface area contributed by atoms with Crippen molar-refractivity contribution in [2.24, 2.45) is 0 Å². The van der Waals surface area contributed by atoms with Crippen molar-refractivity contribution in [3.05, 3.63) is 81.9 Å². The van der Waals surface area contributed by atoms with E-state index < -0.39 is 23.9 Å². The molecule has 0 radical (unpaired) electrons. The van der Waals surface area contributed by atoms with Crippen LogP contribution in [0.15, 0.2) is 48.5 Å². The molecule has 0 unspecified atom stereocenters. The predicted octanol–water partition coefficient (Wildman–Crippen LogP) is 4.51. The van der Waals surface area contributed by atoms with Gasteiger partial charge in [0.1, 0.15) is 11.5 Å². The Morgan fingerprint density at radius 2 is 0.906 bits per heavy atom. The second-order valence-corrected chi connectivity index (χ2v) is 7.33. The number of hydrogen-bond acceptors (Lipinski definition) is 8. The maximum absolute atomic E-state index is 11.9. The molecule has 158 valence electrons. The molecular weight excluding hydrogens is 416 g/mol. The highest BCUT2D eigenvalue weighted by Crippen LogP contribution is 2.41. The molecule has 3 aromatic rings. The first-order chi connectivity index (χ1) is 15.3. The number of aryl methyl sites for hydroxylation is 2. The highest BCUT2D eigenvalue weighted by molar-refractivity contribution is 6.15. The van der Waals surface area contributed by atoms with E-state index in [1.807, 2.05) is 26.0 Å². The molecular formula is C24H14O8. The Morgan fingerprint density at radius 1 is 0.531 bits per heavy atom.